The summed E-state index contributed by atoms with van der Waals surface area (Å²) in [6, 6.07) is 14.8. The first-order valence-corrected chi connectivity index (χ1v) is 10.1. The van der Waals surface area contributed by atoms with Crippen molar-refractivity contribution < 1.29 is 4.42 Å². The van der Waals surface area contributed by atoms with Gasteiger partial charge in [0.1, 0.15) is 5.58 Å². The molecule has 0 radical (unpaired) electrons. The quantitative estimate of drug-likeness (QED) is 0.394. The molecule has 144 valence electrons. The Morgan fingerprint density at radius 3 is 2.57 bits per heavy atom. The highest BCUT2D eigenvalue weighted by Crippen LogP contribution is 2.35. The van der Waals surface area contributed by atoms with Crippen molar-refractivity contribution in [1.29, 1.82) is 0 Å². The fourth-order valence-electron chi connectivity index (χ4n) is 3.79. The van der Waals surface area contributed by atoms with Crippen molar-refractivity contribution in [3.63, 3.8) is 0 Å². The second kappa shape index (κ2) is 7.05. The van der Waals surface area contributed by atoms with Gasteiger partial charge in [0.15, 0.2) is 0 Å². The molecule has 3 aromatic heterocycles. The fraction of sp³-hybridized carbons (Fsp3) is 0.360. The van der Waals surface area contributed by atoms with Crippen molar-refractivity contribution in [1.82, 2.24) is 9.97 Å². The Balaban J connectivity index is 1.83. The van der Waals surface area contributed by atoms with Crippen molar-refractivity contribution in [3.8, 4) is 11.3 Å². The van der Waals surface area contributed by atoms with E-state index in [0.29, 0.717) is 11.6 Å². The molecule has 0 saturated heterocycles. The number of pyridine rings is 2. The van der Waals surface area contributed by atoms with Gasteiger partial charge in [0, 0.05) is 28.2 Å². The number of hydrogen-bond acceptors (Lipinski definition) is 3. The van der Waals surface area contributed by atoms with Crippen LogP contribution in [0.5, 0.6) is 0 Å². The van der Waals surface area contributed by atoms with Gasteiger partial charge in [-0.05, 0) is 60.1 Å². The lowest BCUT2D eigenvalue weighted by Crippen LogP contribution is -2.09. The number of nitrogens with zero attached hydrogens (tertiary/aromatic N) is 2. The zero-order valence-electron chi connectivity index (χ0n) is 17.4. The molecule has 0 aliphatic rings. The fourth-order valence-corrected chi connectivity index (χ4v) is 3.79. The predicted octanol–water partition coefficient (Wildman–Crippen LogP) is 6.83. The third-order valence-corrected chi connectivity index (χ3v) is 4.87. The van der Waals surface area contributed by atoms with Gasteiger partial charge in [0.2, 0.25) is 5.71 Å². The first kappa shape index (κ1) is 18.7. The van der Waals surface area contributed by atoms with E-state index in [4.69, 9.17) is 9.40 Å². The van der Waals surface area contributed by atoms with Crippen LogP contribution in [0.25, 0.3) is 33.3 Å². The Hall–Kier alpha value is -2.68. The molecule has 3 heteroatoms. The lowest BCUT2D eigenvalue weighted by atomic mass is 9.88. The maximum absolute atomic E-state index is 6.25. The van der Waals surface area contributed by atoms with E-state index < -0.39 is 0 Å². The van der Waals surface area contributed by atoms with E-state index in [-0.39, 0.29) is 5.41 Å². The summed E-state index contributed by atoms with van der Waals surface area (Å²) in [5.41, 5.74) is 6.17. The number of hydrogen-bond donors (Lipinski definition) is 0. The lowest BCUT2D eigenvalue weighted by Gasteiger charge is -2.18. The van der Waals surface area contributed by atoms with Gasteiger partial charge in [0.05, 0.1) is 5.69 Å². The molecule has 0 fully saturated rings. The van der Waals surface area contributed by atoms with Gasteiger partial charge in [-0.2, -0.15) is 0 Å². The van der Waals surface area contributed by atoms with Crippen molar-refractivity contribution in [3.05, 3.63) is 59.9 Å². The lowest BCUT2D eigenvalue weighted by molar-refractivity contribution is 0.411. The minimum absolute atomic E-state index is 0.237. The topological polar surface area (TPSA) is 38.9 Å². The Labute approximate surface area is 166 Å². The highest BCUT2D eigenvalue weighted by atomic mass is 16.3. The van der Waals surface area contributed by atoms with Crippen LogP contribution in [0.1, 0.15) is 45.9 Å². The maximum Gasteiger partial charge on any atom is 0.227 e. The van der Waals surface area contributed by atoms with Crippen LogP contribution < -0.4 is 0 Å². The van der Waals surface area contributed by atoms with Crippen LogP contribution in [-0.2, 0) is 12.8 Å². The summed E-state index contributed by atoms with van der Waals surface area (Å²) in [6.07, 6.45) is 3.87. The standard InChI is InChI=1S/C25H28N2O/c1-16(2)13-18-9-10-20-19-7-6-8-21(23(19)28-24(20)27-18)22-14-17(11-12-26-22)15-25(3,4)5/h6-12,14,16H,13,15H2,1-5H3. The van der Waals surface area contributed by atoms with Crippen LogP contribution in [0.15, 0.2) is 53.1 Å². The first-order valence-electron chi connectivity index (χ1n) is 10.1. The minimum Gasteiger partial charge on any atom is -0.437 e. The summed E-state index contributed by atoms with van der Waals surface area (Å²) in [6.45, 7) is 11.2. The minimum atomic E-state index is 0.237. The van der Waals surface area contributed by atoms with Crippen LogP contribution >= 0.6 is 0 Å². The summed E-state index contributed by atoms with van der Waals surface area (Å²) in [7, 11) is 0. The van der Waals surface area contributed by atoms with Gasteiger partial charge in [-0.3, -0.25) is 4.98 Å². The molecule has 4 aromatic rings. The molecule has 0 saturated carbocycles. The average Bonchev–Trinajstić information content (AvgIpc) is 2.97. The van der Waals surface area contributed by atoms with Crippen LogP contribution in [-0.4, -0.2) is 9.97 Å². The summed E-state index contributed by atoms with van der Waals surface area (Å²) >= 11 is 0. The molecule has 0 spiro atoms. The normalized spacial score (nSPS) is 12.4. The van der Waals surface area contributed by atoms with Gasteiger partial charge in [-0.25, -0.2) is 4.98 Å². The van der Waals surface area contributed by atoms with E-state index in [0.717, 1.165) is 46.1 Å². The summed E-state index contributed by atoms with van der Waals surface area (Å²) in [5.74, 6) is 0.569. The predicted molar refractivity (Wildman–Crippen MR) is 116 cm³/mol. The molecule has 0 aliphatic heterocycles. The number of aromatic nitrogens is 2. The molecule has 1 aromatic carbocycles. The zero-order valence-corrected chi connectivity index (χ0v) is 17.4. The van der Waals surface area contributed by atoms with Crippen LogP contribution in [0, 0.1) is 11.3 Å². The molecule has 3 heterocycles. The Morgan fingerprint density at radius 1 is 1.00 bits per heavy atom. The van der Waals surface area contributed by atoms with E-state index in [1.807, 2.05) is 6.20 Å². The van der Waals surface area contributed by atoms with Crippen LogP contribution in [0.2, 0.25) is 0 Å². The first-order chi connectivity index (χ1) is 13.3. The van der Waals surface area contributed by atoms with Crippen LogP contribution in [0.4, 0.5) is 0 Å². The molecule has 0 aliphatic carbocycles. The second-order valence-corrected chi connectivity index (χ2v) is 9.32. The molecule has 0 unspecified atom stereocenters. The van der Waals surface area contributed by atoms with Gasteiger partial charge in [-0.15, -0.1) is 0 Å². The highest BCUT2D eigenvalue weighted by molar-refractivity contribution is 6.08. The summed E-state index contributed by atoms with van der Waals surface area (Å²) in [5, 5.41) is 2.16. The Morgan fingerprint density at radius 2 is 1.82 bits per heavy atom. The molecular formula is C25H28N2O. The Bertz CT molecular complexity index is 1130. The average molecular weight is 373 g/mol. The maximum atomic E-state index is 6.25. The number of benzene rings is 1. The van der Waals surface area contributed by atoms with Crippen molar-refractivity contribution in [2.24, 2.45) is 11.3 Å². The largest absolute Gasteiger partial charge is 0.437 e. The monoisotopic (exact) mass is 372 g/mol. The number of furan rings is 1. The van der Waals surface area contributed by atoms with E-state index in [1.165, 1.54) is 5.56 Å². The van der Waals surface area contributed by atoms with Gasteiger partial charge in [-0.1, -0.05) is 46.8 Å². The van der Waals surface area contributed by atoms with Crippen molar-refractivity contribution >= 4 is 22.1 Å². The number of rotatable bonds is 4. The molecule has 3 nitrogen and oxygen atoms in total. The molecule has 0 bridgehead atoms. The van der Waals surface area contributed by atoms with Crippen LogP contribution in [0.3, 0.4) is 0 Å². The third kappa shape index (κ3) is 3.80. The van der Waals surface area contributed by atoms with E-state index >= 15 is 0 Å². The van der Waals surface area contributed by atoms with E-state index in [9.17, 15) is 0 Å². The second-order valence-electron chi connectivity index (χ2n) is 9.32. The molecule has 0 amide bonds. The van der Waals surface area contributed by atoms with Gasteiger partial charge < -0.3 is 4.42 Å². The molecular weight excluding hydrogens is 344 g/mol. The molecule has 0 N–H and O–H groups in total. The van der Waals surface area contributed by atoms with Gasteiger partial charge >= 0.3 is 0 Å². The van der Waals surface area contributed by atoms with Crippen molar-refractivity contribution in [2.75, 3.05) is 0 Å². The summed E-state index contributed by atoms with van der Waals surface area (Å²) in [4.78, 5) is 9.40. The molecule has 28 heavy (non-hydrogen) atoms. The zero-order chi connectivity index (χ0) is 19.9. The van der Waals surface area contributed by atoms with Gasteiger partial charge in [0.25, 0.3) is 0 Å². The Kier molecular flexibility index (Phi) is 4.70. The smallest absolute Gasteiger partial charge is 0.227 e. The highest BCUT2D eigenvalue weighted by Gasteiger charge is 2.16. The third-order valence-electron chi connectivity index (χ3n) is 4.87. The SMILES string of the molecule is CC(C)Cc1ccc2c(n1)oc1c(-c3cc(CC(C)(C)C)ccn3)cccc12. The number of para-hydroxylation sites is 1. The molecule has 0 atom stereocenters. The summed E-state index contributed by atoms with van der Waals surface area (Å²) < 4.78 is 6.25. The van der Waals surface area contributed by atoms with E-state index in [1.54, 1.807) is 0 Å². The van der Waals surface area contributed by atoms with Crippen molar-refractivity contribution in [2.45, 2.75) is 47.5 Å². The number of fused-ring (bicyclic) bond motifs is 3. The molecule has 4 rings (SSSR count). The van der Waals surface area contributed by atoms with E-state index in [2.05, 4.69) is 82.1 Å².